The molecule has 2 aromatic rings. The van der Waals surface area contributed by atoms with Gasteiger partial charge in [-0.2, -0.15) is 0 Å². The van der Waals surface area contributed by atoms with Crippen LogP contribution in [-0.2, 0) is 9.59 Å². The fourth-order valence-corrected chi connectivity index (χ4v) is 4.03. The minimum atomic E-state index is -0.850. The van der Waals surface area contributed by atoms with Crippen LogP contribution in [0, 0.1) is 5.82 Å². The number of hydrogen-bond donors (Lipinski definition) is 1. The van der Waals surface area contributed by atoms with Crippen LogP contribution in [0.15, 0.2) is 52.5 Å². The Hall–Kier alpha value is -2.71. The number of nitrogens with one attached hydrogen (secondary N) is 1. The highest BCUT2D eigenvalue weighted by molar-refractivity contribution is 9.10. The molecular weight excluding hydrogens is 479 g/mol. The molecule has 1 aliphatic rings. The Kier molecular flexibility index (Phi) is 7.36. The predicted octanol–water partition coefficient (Wildman–Crippen LogP) is 1.74. The van der Waals surface area contributed by atoms with Crippen LogP contribution in [0.25, 0.3) is 5.76 Å². The summed E-state index contributed by atoms with van der Waals surface area (Å²) in [6, 6.07) is 10.1. The molecule has 0 radical (unpaired) electrons. The minimum absolute atomic E-state index is 0.00478. The lowest BCUT2D eigenvalue weighted by Gasteiger charge is -2.28. The number of likely N-dealkylation sites (tertiary alicyclic amines) is 1. The van der Waals surface area contributed by atoms with E-state index in [2.05, 4.69) is 15.9 Å². The smallest absolute Gasteiger partial charge is 0.295 e. The number of likely N-dealkylation sites (N-methyl/N-ethyl adjacent to an activating group) is 1. The Bertz CT molecular complexity index is 1070. The maximum absolute atomic E-state index is 14.5. The second-order valence-electron chi connectivity index (χ2n) is 8.30. The zero-order valence-electron chi connectivity index (χ0n) is 18.4. The first-order valence-corrected chi connectivity index (χ1v) is 11.2. The number of rotatable bonds is 7. The Morgan fingerprint density at radius 3 is 2.53 bits per heavy atom. The number of halogens is 2. The van der Waals surface area contributed by atoms with Crippen molar-refractivity contribution in [3.05, 3.63) is 69.5 Å². The lowest BCUT2D eigenvalue weighted by Crippen LogP contribution is -3.06. The van der Waals surface area contributed by atoms with Gasteiger partial charge in [-0.1, -0.05) is 39.9 Å². The minimum Gasteiger partial charge on any atom is -0.872 e. The monoisotopic (exact) mass is 504 g/mol. The molecule has 8 heteroatoms. The molecule has 0 saturated carbocycles. The fraction of sp³-hybridized carbons (Fsp3) is 0.333. The second kappa shape index (κ2) is 9.83. The van der Waals surface area contributed by atoms with Gasteiger partial charge in [0.1, 0.15) is 0 Å². The average Bonchev–Trinajstić information content (AvgIpc) is 2.97. The number of ketones is 1. The van der Waals surface area contributed by atoms with Crippen molar-refractivity contribution >= 4 is 33.4 Å². The number of carbonyl (C=O) groups is 2. The van der Waals surface area contributed by atoms with Crippen molar-refractivity contribution in [2.24, 2.45) is 0 Å². The van der Waals surface area contributed by atoms with Crippen molar-refractivity contribution < 1.29 is 28.7 Å². The van der Waals surface area contributed by atoms with Gasteiger partial charge in [-0.05, 0) is 49.2 Å². The molecule has 1 N–H and O–H groups in total. The third-order valence-corrected chi connectivity index (χ3v) is 5.60. The van der Waals surface area contributed by atoms with E-state index in [1.54, 1.807) is 32.0 Å². The molecule has 1 atom stereocenters. The topological polar surface area (TPSA) is 74.1 Å². The van der Waals surface area contributed by atoms with Crippen molar-refractivity contribution in [3.63, 3.8) is 0 Å². The molecule has 2 aromatic carbocycles. The number of ether oxygens (including phenoxy) is 1. The first-order chi connectivity index (χ1) is 15.1. The summed E-state index contributed by atoms with van der Waals surface area (Å²) in [5, 5.41) is 13.4. The van der Waals surface area contributed by atoms with E-state index in [-0.39, 0.29) is 23.0 Å². The number of hydrogen-bond acceptors (Lipinski definition) is 4. The second-order valence-corrected chi connectivity index (χ2v) is 9.21. The first-order valence-electron chi connectivity index (χ1n) is 10.4. The van der Waals surface area contributed by atoms with E-state index in [9.17, 15) is 19.1 Å². The molecule has 0 aliphatic carbocycles. The van der Waals surface area contributed by atoms with E-state index in [1.165, 1.54) is 17.0 Å². The molecule has 170 valence electrons. The van der Waals surface area contributed by atoms with E-state index in [0.717, 1.165) is 15.4 Å². The summed E-state index contributed by atoms with van der Waals surface area (Å²) in [5.74, 6) is -2.91. The molecule has 0 bridgehead atoms. The van der Waals surface area contributed by atoms with E-state index in [1.807, 2.05) is 20.2 Å². The van der Waals surface area contributed by atoms with Gasteiger partial charge in [0.25, 0.3) is 5.91 Å². The van der Waals surface area contributed by atoms with Crippen molar-refractivity contribution in [2.45, 2.75) is 26.0 Å². The molecule has 32 heavy (non-hydrogen) atoms. The van der Waals surface area contributed by atoms with Gasteiger partial charge in [-0.25, -0.2) is 4.39 Å². The van der Waals surface area contributed by atoms with Crippen LogP contribution in [0.4, 0.5) is 4.39 Å². The van der Waals surface area contributed by atoms with Crippen LogP contribution in [0.3, 0.4) is 0 Å². The van der Waals surface area contributed by atoms with Gasteiger partial charge in [0.15, 0.2) is 11.6 Å². The third-order valence-electron chi connectivity index (χ3n) is 5.10. The van der Waals surface area contributed by atoms with Gasteiger partial charge < -0.3 is 19.6 Å². The van der Waals surface area contributed by atoms with Gasteiger partial charge in [0.2, 0.25) is 5.78 Å². The van der Waals surface area contributed by atoms with E-state index in [0.29, 0.717) is 18.7 Å². The quantitative estimate of drug-likeness (QED) is 0.354. The number of Topliss-reactive ketones (excluding diaryl/α,β-unsaturated/α-hetero) is 1. The molecule has 1 saturated heterocycles. The Morgan fingerprint density at radius 2 is 1.94 bits per heavy atom. The van der Waals surface area contributed by atoms with Crippen LogP contribution in [0.5, 0.6) is 5.75 Å². The summed E-state index contributed by atoms with van der Waals surface area (Å²) in [6.07, 6.45) is -0.234. The molecule has 1 unspecified atom stereocenters. The highest BCUT2D eigenvalue weighted by Crippen LogP contribution is 2.39. The predicted molar refractivity (Wildman–Crippen MR) is 120 cm³/mol. The highest BCUT2D eigenvalue weighted by atomic mass is 79.9. The summed E-state index contributed by atoms with van der Waals surface area (Å²) in [6.45, 7) is 4.44. The van der Waals surface area contributed by atoms with E-state index < -0.39 is 29.3 Å². The van der Waals surface area contributed by atoms with Crippen LogP contribution in [-0.4, -0.2) is 49.9 Å². The third kappa shape index (κ3) is 5.02. The maximum Gasteiger partial charge on any atom is 0.295 e. The molecule has 1 heterocycles. The number of benzene rings is 2. The average molecular weight is 505 g/mol. The van der Waals surface area contributed by atoms with Crippen LogP contribution in [0.1, 0.15) is 31.0 Å². The molecule has 1 aliphatic heterocycles. The van der Waals surface area contributed by atoms with Gasteiger partial charge >= 0.3 is 0 Å². The summed E-state index contributed by atoms with van der Waals surface area (Å²) < 4.78 is 20.7. The summed E-state index contributed by atoms with van der Waals surface area (Å²) >= 11 is 3.41. The van der Waals surface area contributed by atoms with Crippen molar-refractivity contribution in [2.75, 3.05) is 27.2 Å². The largest absolute Gasteiger partial charge is 0.872 e. The van der Waals surface area contributed by atoms with Crippen LogP contribution >= 0.6 is 15.9 Å². The lowest BCUT2D eigenvalue weighted by atomic mass is 9.95. The standard InChI is InChI=1S/C24H26BrFN2O4/c1-14(2)32-19-9-8-16(13-18(19)26)22(29)20-21(15-6-5-7-17(25)12-15)28(11-10-27(3)4)24(31)23(20)30/h5-9,12-14,21,29H,10-11H2,1-4H3. The van der Waals surface area contributed by atoms with Crippen molar-refractivity contribution in [1.82, 2.24) is 4.90 Å². The number of nitrogens with zero attached hydrogens (tertiary/aromatic N) is 1. The molecular formula is C24H26BrFN2O4. The molecule has 0 aromatic heterocycles. The van der Waals surface area contributed by atoms with Gasteiger partial charge in [-0.15, -0.1) is 0 Å². The highest BCUT2D eigenvalue weighted by Gasteiger charge is 2.44. The molecule has 1 fully saturated rings. The first kappa shape index (κ1) is 23.9. The van der Waals surface area contributed by atoms with Gasteiger partial charge in [-0.3, -0.25) is 9.59 Å². The zero-order chi connectivity index (χ0) is 23.6. The summed E-state index contributed by atoms with van der Waals surface area (Å²) in [5.41, 5.74) is 0.463. The normalized spacial score (nSPS) is 18.1. The fourth-order valence-electron chi connectivity index (χ4n) is 3.62. The maximum atomic E-state index is 14.5. The van der Waals surface area contributed by atoms with Gasteiger partial charge in [0, 0.05) is 10.0 Å². The SMILES string of the molecule is CC(C)Oc1ccc(C([O-])=C2C(=O)C(=O)N(CC[NH+](C)C)C2c2cccc(Br)c2)cc1F. The van der Waals surface area contributed by atoms with E-state index in [4.69, 9.17) is 4.74 Å². The molecule has 6 nitrogen and oxygen atoms in total. The summed E-state index contributed by atoms with van der Waals surface area (Å²) in [4.78, 5) is 28.3. The van der Waals surface area contributed by atoms with Crippen LogP contribution < -0.4 is 14.7 Å². The summed E-state index contributed by atoms with van der Waals surface area (Å²) in [7, 11) is 3.88. The molecule has 3 rings (SSSR count). The zero-order valence-corrected chi connectivity index (χ0v) is 20.0. The van der Waals surface area contributed by atoms with Crippen LogP contribution in [0.2, 0.25) is 0 Å². The Labute approximate surface area is 195 Å². The number of quaternary nitrogens is 1. The number of carbonyl (C=O) groups excluding carboxylic acids is 2. The van der Waals surface area contributed by atoms with Gasteiger partial charge in [0.05, 0.1) is 39.3 Å². The van der Waals surface area contributed by atoms with Crippen molar-refractivity contribution in [1.29, 1.82) is 0 Å². The molecule has 1 amide bonds. The van der Waals surface area contributed by atoms with Crippen molar-refractivity contribution in [3.8, 4) is 5.75 Å². The Balaban J connectivity index is 2.12. The lowest BCUT2D eigenvalue weighted by molar-refractivity contribution is -0.857. The Morgan fingerprint density at radius 1 is 1.22 bits per heavy atom. The van der Waals surface area contributed by atoms with E-state index >= 15 is 0 Å². The molecule has 0 spiro atoms. The number of amides is 1.